The number of hydrogen-bond acceptors (Lipinski definition) is 4. The molecule has 0 radical (unpaired) electrons. The predicted molar refractivity (Wildman–Crippen MR) is 101 cm³/mol. The van der Waals surface area contributed by atoms with Crippen molar-refractivity contribution in [1.29, 1.82) is 0 Å². The van der Waals surface area contributed by atoms with Gasteiger partial charge in [-0.15, -0.1) is 0 Å². The molecular formula is C22H31NO3. The number of methoxy groups -OCH3 is 1. The van der Waals surface area contributed by atoms with Gasteiger partial charge in [-0.2, -0.15) is 0 Å². The zero-order valence-electron chi connectivity index (χ0n) is 16.3. The van der Waals surface area contributed by atoms with Crippen LogP contribution >= 0.6 is 0 Å². The van der Waals surface area contributed by atoms with Gasteiger partial charge in [0.1, 0.15) is 6.10 Å². The summed E-state index contributed by atoms with van der Waals surface area (Å²) in [6.45, 7) is 3.34. The lowest BCUT2D eigenvalue weighted by atomic mass is 9.51. The molecular weight excluding hydrogens is 326 g/mol. The summed E-state index contributed by atoms with van der Waals surface area (Å²) >= 11 is 0. The Kier molecular flexibility index (Phi) is 3.65. The number of benzene rings is 1. The molecule has 0 spiro atoms. The Morgan fingerprint density at radius 1 is 1.31 bits per heavy atom. The van der Waals surface area contributed by atoms with Crippen molar-refractivity contribution in [3.63, 3.8) is 0 Å². The third-order valence-corrected chi connectivity index (χ3v) is 7.78. The topological polar surface area (TPSA) is 41.9 Å². The van der Waals surface area contributed by atoms with E-state index in [0.717, 1.165) is 56.1 Å². The summed E-state index contributed by atoms with van der Waals surface area (Å²) in [6.07, 6.45) is 7.49. The predicted octanol–water partition coefficient (Wildman–Crippen LogP) is 3.29. The zero-order valence-corrected chi connectivity index (χ0v) is 16.3. The Balaban J connectivity index is 1.68. The van der Waals surface area contributed by atoms with E-state index in [0.29, 0.717) is 0 Å². The van der Waals surface area contributed by atoms with Gasteiger partial charge in [0.25, 0.3) is 0 Å². The van der Waals surface area contributed by atoms with Gasteiger partial charge < -0.3 is 14.6 Å². The summed E-state index contributed by atoms with van der Waals surface area (Å²) in [6, 6.07) is 4.44. The average Bonchev–Trinajstić information content (AvgIpc) is 3.37. The highest BCUT2D eigenvalue weighted by molar-refractivity contribution is 5.62. The molecule has 5 rings (SSSR count). The fraction of sp³-hybridized carbons (Fsp3) is 0.727. The maximum Gasteiger partial charge on any atom is 0.165 e. The van der Waals surface area contributed by atoms with E-state index in [1.165, 1.54) is 24.0 Å². The van der Waals surface area contributed by atoms with Crippen molar-refractivity contribution < 1.29 is 14.6 Å². The van der Waals surface area contributed by atoms with Gasteiger partial charge in [0.05, 0.1) is 18.1 Å². The molecule has 2 fully saturated rings. The first kappa shape index (κ1) is 16.9. The fourth-order valence-electron chi connectivity index (χ4n) is 6.43. The number of rotatable bonds is 5. The summed E-state index contributed by atoms with van der Waals surface area (Å²) in [4.78, 5) is 2.46. The van der Waals surface area contributed by atoms with Crippen LogP contribution in [0.25, 0.3) is 0 Å². The standard InChI is InChI=1S/C22H31NO3/c1-4-21-18-6-5-11-22(21,24)17(23(2)13-14-7-8-14)12-15-9-10-16(25-3)20(26-18)19(15)21/h9-10,14,17-18,24H,4-8,11-13H2,1-3H3/t17?,18-,21+,22?/m0/s1. The number of likely N-dealkylation sites (N-methyl/N-ethyl adjacent to an activating group) is 1. The van der Waals surface area contributed by atoms with Crippen molar-refractivity contribution >= 4 is 0 Å². The van der Waals surface area contributed by atoms with E-state index in [1.54, 1.807) is 7.11 Å². The molecule has 0 bridgehead atoms. The summed E-state index contributed by atoms with van der Waals surface area (Å²) in [5.41, 5.74) is 1.58. The third-order valence-electron chi connectivity index (χ3n) is 7.78. The zero-order chi connectivity index (χ0) is 18.1. The molecule has 4 aliphatic rings. The van der Waals surface area contributed by atoms with Gasteiger partial charge in [-0.1, -0.05) is 13.0 Å². The van der Waals surface area contributed by atoms with Crippen LogP contribution in [-0.2, 0) is 11.8 Å². The summed E-state index contributed by atoms with van der Waals surface area (Å²) < 4.78 is 12.1. The van der Waals surface area contributed by atoms with Gasteiger partial charge in [-0.3, -0.25) is 4.90 Å². The second-order valence-electron chi connectivity index (χ2n) is 8.98. The number of ether oxygens (including phenoxy) is 2. The van der Waals surface area contributed by atoms with Crippen molar-refractivity contribution in [2.24, 2.45) is 5.92 Å². The lowest BCUT2D eigenvalue weighted by molar-refractivity contribution is -0.155. The first-order valence-corrected chi connectivity index (χ1v) is 10.3. The van der Waals surface area contributed by atoms with E-state index < -0.39 is 5.60 Å². The van der Waals surface area contributed by atoms with E-state index in [-0.39, 0.29) is 17.6 Å². The Bertz CT molecular complexity index is 730. The molecule has 142 valence electrons. The largest absolute Gasteiger partial charge is 0.493 e. The number of nitrogens with zero attached hydrogens (tertiary/aromatic N) is 1. The molecule has 0 aromatic heterocycles. The fourth-order valence-corrected chi connectivity index (χ4v) is 6.43. The molecule has 1 N–H and O–H groups in total. The molecule has 1 aliphatic heterocycles. The van der Waals surface area contributed by atoms with E-state index >= 15 is 0 Å². The monoisotopic (exact) mass is 357 g/mol. The molecule has 4 atom stereocenters. The van der Waals surface area contributed by atoms with Crippen molar-refractivity contribution in [3.8, 4) is 11.5 Å². The van der Waals surface area contributed by atoms with E-state index in [1.807, 2.05) is 0 Å². The normalized spacial score (nSPS) is 37.4. The number of aliphatic hydroxyl groups is 1. The van der Waals surface area contributed by atoms with Gasteiger partial charge >= 0.3 is 0 Å². The third kappa shape index (κ3) is 1.98. The SMILES string of the molecule is CC[C@]12c3c4ccc(OC)c3O[C@H]1CCCC2(O)C(N(C)CC1CC1)C4. The lowest BCUT2D eigenvalue weighted by Gasteiger charge is -2.58. The van der Waals surface area contributed by atoms with Crippen LogP contribution in [0.4, 0.5) is 0 Å². The van der Waals surface area contributed by atoms with Gasteiger partial charge in [0.15, 0.2) is 11.5 Å². The van der Waals surface area contributed by atoms with Gasteiger partial charge in [0, 0.05) is 18.2 Å². The minimum absolute atomic E-state index is 0.0634. The Morgan fingerprint density at radius 2 is 2.12 bits per heavy atom. The average molecular weight is 357 g/mol. The van der Waals surface area contributed by atoms with Crippen LogP contribution in [0.2, 0.25) is 0 Å². The van der Waals surface area contributed by atoms with Gasteiger partial charge in [-0.25, -0.2) is 0 Å². The molecule has 4 heteroatoms. The maximum absolute atomic E-state index is 12.3. The van der Waals surface area contributed by atoms with Crippen molar-refractivity contribution in [2.45, 2.75) is 75.0 Å². The van der Waals surface area contributed by atoms with Crippen LogP contribution in [0.1, 0.15) is 56.6 Å². The Morgan fingerprint density at radius 3 is 2.81 bits per heavy atom. The van der Waals surface area contributed by atoms with Gasteiger partial charge in [-0.05, 0) is 69.5 Å². The van der Waals surface area contributed by atoms with E-state index in [4.69, 9.17) is 9.47 Å². The van der Waals surface area contributed by atoms with Crippen LogP contribution in [0.3, 0.4) is 0 Å². The first-order valence-electron chi connectivity index (χ1n) is 10.3. The second-order valence-corrected chi connectivity index (χ2v) is 8.98. The minimum Gasteiger partial charge on any atom is -0.493 e. The molecule has 1 aromatic carbocycles. The molecule has 26 heavy (non-hydrogen) atoms. The molecule has 3 aliphatic carbocycles. The Labute approximate surface area is 156 Å². The van der Waals surface area contributed by atoms with Crippen LogP contribution < -0.4 is 9.47 Å². The lowest BCUT2D eigenvalue weighted by Crippen LogP contribution is -2.70. The molecule has 4 nitrogen and oxygen atoms in total. The van der Waals surface area contributed by atoms with Crippen molar-refractivity contribution in [1.82, 2.24) is 4.90 Å². The van der Waals surface area contributed by atoms with Gasteiger partial charge in [0.2, 0.25) is 0 Å². The molecule has 2 saturated carbocycles. The minimum atomic E-state index is -0.723. The molecule has 1 aromatic rings. The van der Waals surface area contributed by atoms with E-state index in [9.17, 15) is 5.11 Å². The quantitative estimate of drug-likeness (QED) is 0.878. The highest BCUT2D eigenvalue weighted by Gasteiger charge is 2.68. The summed E-state index contributed by atoms with van der Waals surface area (Å²) in [5, 5.41) is 12.3. The summed E-state index contributed by atoms with van der Waals surface area (Å²) in [7, 11) is 3.93. The maximum atomic E-state index is 12.3. The highest BCUT2D eigenvalue weighted by atomic mass is 16.5. The first-order chi connectivity index (χ1) is 12.5. The van der Waals surface area contributed by atoms with Crippen LogP contribution in [0.5, 0.6) is 11.5 Å². The van der Waals surface area contributed by atoms with Crippen LogP contribution in [0.15, 0.2) is 12.1 Å². The van der Waals surface area contributed by atoms with E-state index in [2.05, 4.69) is 31.0 Å². The number of hydrogen-bond donors (Lipinski definition) is 1. The van der Waals surface area contributed by atoms with Crippen LogP contribution in [0, 0.1) is 5.92 Å². The molecule has 2 unspecified atom stereocenters. The summed E-state index contributed by atoms with van der Waals surface area (Å²) in [5.74, 6) is 2.55. The van der Waals surface area contributed by atoms with Crippen LogP contribution in [-0.4, -0.2) is 48.5 Å². The molecule has 0 saturated heterocycles. The molecule has 1 heterocycles. The van der Waals surface area contributed by atoms with Crippen molar-refractivity contribution in [2.75, 3.05) is 20.7 Å². The highest BCUT2D eigenvalue weighted by Crippen LogP contribution is 2.63. The Hall–Kier alpha value is -1.26. The smallest absolute Gasteiger partial charge is 0.165 e. The molecule has 0 amide bonds. The van der Waals surface area contributed by atoms with Crippen molar-refractivity contribution in [3.05, 3.63) is 23.3 Å². The second kappa shape index (κ2) is 5.62.